The van der Waals surface area contributed by atoms with E-state index in [9.17, 15) is 27.6 Å². The first-order chi connectivity index (χ1) is 16.1. The molecule has 0 saturated carbocycles. The largest absolute Gasteiger partial charge is 0.478 e. The zero-order valence-corrected chi connectivity index (χ0v) is 21.3. The Morgan fingerprint density at radius 3 is 1.03 bits per heavy atom. The molecule has 0 heterocycles. The van der Waals surface area contributed by atoms with Crippen molar-refractivity contribution in [3.63, 3.8) is 0 Å². The van der Waals surface area contributed by atoms with Crippen molar-refractivity contribution in [3.8, 4) is 0 Å². The minimum Gasteiger partial charge on any atom is -0.478 e. The summed E-state index contributed by atoms with van der Waals surface area (Å²) in [6.45, 7) is 18.4. The fourth-order valence-corrected chi connectivity index (χ4v) is 1.06. The van der Waals surface area contributed by atoms with Crippen LogP contribution in [-0.4, -0.2) is 57.3 Å². The standard InChI is InChI=1S/C8H8O3S.4C4H6O2/c9-12(10,11)7-6-8-4-2-1-3-5-8;4*1-3(2)4(5)6/h1-7H,(H,9,10,11);4*1H2,2H3,(H,5,6). The van der Waals surface area contributed by atoms with E-state index in [0.29, 0.717) is 0 Å². The van der Waals surface area contributed by atoms with Crippen LogP contribution in [0.2, 0.25) is 0 Å². The van der Waals surface area contributed by atoms with E-state index < -0.39 is 34.0 Å². The molecule has 0 aromatic heterocycles. The van der Waals surface area contributed by atoms with E-state index in [2.05, 4.69) is 26.3 Å². The zero-order valence-electron chi connectivity index (χ0n) is 20.5. The SMILES string of the molecule is C=C(C)C(=O)O.C=C(C)C(=O)O.C=C(C)C(=O)O.C=C(C)C(=O)O.O=S(=O)(O)C=Cc1ccccc1. The van der Waals surface area contributed by atoms with Crippen molar-refractivity contribution in [2.24, 2.45) is 0 Å². The van der Waals surface area contributed by atoms with Gasteiger partial charge in [0.25, 0.3) is 10.1 Å². The van der Waals surface area contributed by atoms with Crippen molar-refractivity contribution < 1.29 is 52.6 Å². The van der Waals surface area contributed by atoms with Crippen molar-refractivity contribution in [2.45, 2.75) is 27.7 Å². The molecule has 0 unspecified atom stereocenters. The Bertz CT molecular complexity index is 921. The summed E-state index contributed by atoms with van der Waals surface area (Å²) in [5.41, 5.74) is 1.44. The Kier molecular flexibility index (Phi) is 23.0. The summed E-state index contributed by atoms with van der Waals surface area (Å²) in [5.74, 6) is -3.74. The lowest BCUT2D eigenvalue weighted by Crippen LogP contribution is -1.92. The van der Waals surface area contributed by atoms with Gasteiger partial charge in [-0.05, 0) is 39.3 Å². The van der Waals surface area contributed by atoms with Crippen LogP contribution in [0.3, 0.4) is 0 Å². The monoisotopic (exact) mass is 528 g/mol. The number of rotatable bonds is 6. The Balaban J connectivity index is -0.000000187. The molecule has 1 aromatic rings. The molecule has 0 atom stereocenters. The Morgan fingerprint density at radius 2 is 0.861 bits per heavy atom. The highest BCUT2D eigenvalue weighted by molar-refractivity contribution is 7.88. The molecule has 36 heavy (non-hydrogen) atoms. The normalized spacial score (nSPS) is 9.03. The van der Waals surface area contributed by atoms with Gasteiger partial charge in [-0.2, -0.15) is 8.42 Å². The van der Waals surface area contributed by atoms with Gasteiger partial charge in [-0.3, -0.25) is 4.55 Å². The van der Waals surface area contributed by atoms with Gasteiger partial charge in [-0.25, -0.2) is 19.2 Å². The maximum atomic E-state index is 10.3. The van der Waals surface area contributed by atoms with Gasteiger partial charge in [-0.1, -0.05) is 56.6 Å². The summed E-state index contributed by atoms with van der Waals surface area (Å²) in [4.78, 5) is 38.4. The molecule has 0 saturated heterocycles. The third-order valence-corrected chi connectivity index (χ3v) is 3.17. The van der Waals surface area contributed by atoms with Gasteiger partial charge in [0, 0.05) is 22.3 Å². The van der Waals surface area contributed by atoms with Crippen molar-refractivity contribution in [1.82, 2.24) is 0 Å². The van der Waals surface area contributed by atoms with Crippen LogP contribution in [0.5, 0.6) is 0 Å². The van der Waals surface area contributed by atoms with Gasteiger partial charge in [0.15, 0.2) is 0 Å². The van der Waals surface area contributed by atoms with Gasteiger partial charge in [-0.15, -0.1) is 0 Å². The number of hydrogen-bond donors (Lipinski definition) is 5. The van der Waals surface area contributed by atoms with Gasteiger partial charge in [0.1, 0.15) is 0 Å². The molecule has 0 bridgehead atoms. The van der Waals surface area contributed by atoms with Crippen molar-refractivity contribution >= 4 is 40.1 Å². The molecule has 0 spiro atoms. The van der Waals surface area contributed by atoms with E-state index in [1.54, 1.807) is 24.3 Å². The van der Waals surface area contributed by atoms with Crippen LogP contribution >= 0.6 is 0 Å². The maximum absolute atomic E-state index is 10.3. The van der Waals surface area contributed by atoms with Crippen LogP contribution in [0.1, 0.15) is 33.3 Å². The average Bonchev–Trinajstić information content (AvgIpc) is 2.74. The molecule has 0 aliphatic rings. The minimum atomic E-state index is -4.00. The number of aliphatic carboxylic acids is 4. The van der Waals surface area contributed by atoms with E-state index in [1.807, 2.05) is 6.07 Å². The summed E-state index contributed by atoms with van der Waals surface area (Å²) < 4.78 is 28.9. The van der Waals surface area contributed by atoms with Crippen molar-refractivity contribution in [1.29, 1.82) is 0 Å². The van der Waals surface area contributed by atoms with Crippen LogP contribution < -0.4 is 0 Å². The number of carboxylic acid groups (broad SMARTS) is 4. The number of hydrogen-bond acceptors (Lipinski definition) is 6. The van der Waals surface area contributed by atoms with Gasteiger partial charge >= 0.3 is 23.9 Å². The van der Waals surface area contributed by atoms with Crippen LogP contribution in [0, 0.1) is 0 Å². The van der Waals surface area contributed by atoms with E-state index in [-0.39, 0.29) is 22.3 Å². The van der Waals surface area contributed by atoms with Crippen molar-refractivity contribution in [3.05, 3.63) is 89.9 Å². The number of benzene rings is 1. The summed E-state index contributed by atoms with van der Waals surface area (Å²) in [7, 11) is -4.00. The average molecular weight is 529 g/mol. The molecule has 1 aromatic carbocycles. The number of carbonyl (C=O) groups is 4. The Hall–Kier alpha value is -4.29. The third-order valence-electron chi connectivity index (χ3n) is 2.69. The van der Waals surface area contributed by atoms with Crippen LogP contribution in [0.4, 0.5) is 0 Å². The second-order valence-corrected chi connectivity index (χ2v) is 7.87. The predicted molar refractivity (Wildman–Crippen MR) is 137 cm³/mol. The smallest absolute Gasteiger partial charge is 0.330 e. The highest BCUT2D eigenvalue weighted by atomic mass is 32.2. The lowest BCUT2D eigenvalue weighted by molar-refractivity contribution is -0.133. The fourth-order valence-electron chi connectivity index (χ4n) is 0.729. The summed E-state index contributed by atoms with van der Waals surface area (Å²) >= 11 is 0. The van der Waals surface area contributed by atoms with E-state index in [0.717, 1.165) is 11.0 Å². The molecule has 0 radical (unpaired) electrons. The fraction of sp³-hybridized carbons (Fsp3) is 0.167. The highest BCUT2D eigenvalue weighted by Gasteiger charge is 1.94. The summed E-state index contributed by atoms with van der Waals surface area (Å²) in [5, 5.41) is 32.3. The lowest BCUT2D eigenvalue weighted by atomic mass is 10.2. The van der Waals surface area contributed by atoms with Gasteiger partial charge < -0.3 is 20.4 Å². The van der Waals surface area contributed by atoms with Gasteiger partial charge in [0.2, 0.25) is 0 Å². The highest BCUT2D eigenvalue weighted by Crippen LogP contribution is 2.01. The molecule has 0 aliphatic heterocycles. The molecule has 0 amide bonds. The van der Waals surface area contributed by atoms with Crippen LogP contribution in [-0.2, 0) is 29.3 Å². The van der Waals surface area contributed by atoms with Crippen LogP contribution in [0.25, 0.3) is 6.08 Å². The third kappa shape index (κ3) is 37.0. The molecule has 11 nitrogen and oxygen atoms in total. The zero-order chi connectivity index (χ0) is 29.6. The van der Waals surface area contributed by atoms with Gasteiger partial charge in [0.05, 0.1) is 5.41 Å². The second-order valence-electron chi connectivity index (χ2n) is 6.57. The molecule has 0 aliphatic carbocycles. The summed E-state index contributed by atoms with van der Waals surface area (Å²) in [6, 6.07) is 8.86. The lowest BCUT2D eigenvalue weighted by Gasteiger charge is -1.89. The molecular weight excluding hydrogens is 496 g/mol. The minimum absolute atomic E-state index is 0.176. The molecule has 1 rings (SSSR count). The Morgan fingerprint density at radius 1 is 0.639 bits per heavy atom. The quantitative estimate of drug-likeness (QED) is 0.262. The van der Waals surface area contributed by atoms with Crippen molar-refractivity contribution in [2.75, 3.05) is 0 Å². The van der Waals surface area contributed by atoms with E-state index in [4.69, 9.17) is 25.0 Å². The predicted octanol–water partition coefficient (Wildman–Crippen LogP) is 4.13. The molecule has 5 N–H and O–H groups in total. The maximum Gasteiger partial charge on any atom is 0.330 e. The summed E-state index contributed by atoms with van der Waals surface area (Å²) in [6.07, 6.45) is 1.33. The Labute approximate surface area is 210 Å². The van der Waals surface area contributed by atoms with Crippen LogP contribution in [0.15, 0.2) is 84.3 Å². The first-order valence-corrected chi connectivity index (χ1v) is 10.9. The molecule has 200 valence electrons. The topological polar surface area (TPSA) is 204 Å². The second kappa shape index (κ2) is 21.3. The molecule has 0 fully saturated rings. The first kappa shape index (κ1) is 38.9. The van der Waals surface area contributed by atoms with E-state index >= 15 is 0 Å². The van der Waals surface area contributed by atoms with E-state index in [1.165, 1.54) is 33.8 Å². The number of carboxylic acids is 4. The first-order valence-electron chi connectivity index (χ1n) is 9.41. The molecular formula is C24H32O11S. The molecule has 12 heteroatoms.